The van der Waals surface area contributed by atoms with Crippen LogP contribution in [0.2, 0.25) is 0 Å². The third-order valence-electron chi connectivity index (χ3n) is 5.98. The van der Waals surface area contributed by atoms with Crippen LogP contribution in [0, 0.1) is 0 Å². The van der Waals surface area contributed by atoms with Crippen LogP contribution in [0.15, 0.2) is 59.8 Å². The van der Waals surface area contributed by atoms with Crippen molar-refractivity contribution in [2.45, 2.75) is 37.8 Å². The molecule has 4 aromatic rings. The molecule has 1 amide bonds. The third-order valence-corrected chi connectivity index (χ3v) is 5.98. The summed E-state index contributed by atoms with van der Waals surface area (Å²) in [7, 11) is 0. The van der Waals surface area contributed by atoms with Crippen LogP contribution < -0.4 is 10.9 Å². The van der Waals surface area contributed by atoms with Gasteiger partial charge in [-0.2, -0.15) is 0 Å². The molecule has 0 unspecified atom stereocenters. The Morgan fingerprint density at radius 1 is 1.00 bits per heavy atom. The fourth-order valence-corrected chi connectivity index (χ4v) is 4.14. The Bertz CT molecular complexity index is 1320. The molecule has 1 saturated carbocycles. The largest absolute Gasteiger partial charge is 0.393 e. The van der Waals surface area contributed by atoms with E-state index in [0.717, 1.165) is 48.2 Å². The molecule has 0 saturated heterocycles. The van der Waals surface area contributed by atoms with Crippen molar-refractivity contribution in [2.75, 3.05) is 0 Å². The van der Waals surface area contributed by atoms with E-state index in [9.17, 15) is 14.7 Å². The Balaban J connectivity index is 1.34. The van der Waals surface area contributed by atoms with E-state index in [4.69, 9.17) is 0 Å². The van der Waals surface area contributed by atoms with E-state index < -0.39 is 0 Å². The zero-order chi connectivity index (χ0) is 22.1. The molecule has 8 nitrogen and oxygen atoms in total. The van der Waals surface area contributed by atoms with Crippen LogP contribution in [0.1, 0.15) is 36.0 Å². The van der Waals surface area contributed by atoms with Gasteiger partial charge in [0.15, 0.2) is 0 Å². The Morgan fingerprint density at radius 2 is 1.78 bits per heavy atom. The van der Waals surface area contributed by atoms with Crippen LogP contribution in [0.25, 0.3) is 33.5 Å². The lowest BCUT2D eigenvalue weighted by Crippen LogP contribution is -2.38. The number of H-pyrrole nitrogens is 2. The minimum atomic E-state index is -0.244. The van der Waals surface area contributed by atoms with Crippen molar-refractivity contribution >= 4 is 16.9 Å². The van der Waals surface area contributed by atoms with Crippen molar-refractivity contribution in [2.24, 2.45) is 0 Å². The number of aromatic nitrogens is 4. The number of hydrogen-bond donors (Lipinski definition) is 4. The highest BCUT2D eigenvalue weighted by Crippen LogP contribution is 2.26. The number of aliphatic hydroxyl groups is 1. The number of aliphatic hydroxyl groups excluding tert-OH is 1. The molecule has 1 fully saturated rings. The number of nitrogens with one attached hydrogen (secondary N) is 3. The molecule has 162 valence electrons. The van der Waals surface area contributed by atoms with Gasteiger partial charge in [-0.05, 0) is 56.0 Å². The molecule has 0 bridgehead atoms. The molecule has 3 aromatic heterocycles. The van der Waals surface area contributed by atoms with E-state index in [0.29, 0.717) is 16.6 Å². The lowest BCUT2D eigenvalue weighted by atomic mass is 9.93. The second-order valence-corrected chi connectivity index (χ2v) is 8.16. The van der Waals surface area contributed by atoms with Crippen molar-refractivity contribution in [3.63, 3.8) is 0 Å². The predicted molar refractivity (Wildman–Crippen MR) is 121 cm³/mol. The average molecular weight is 429 g/mol. The number of rotatable bonds is 4. The monoisotopic (exact) mass is 429 g/mol. The highest BCUT2D eigenvalue weighted by Gasteiger charge is 2.21. The van der Waals surface area contributed by atoms with E-state index in [1.165, 1.54) is 6.33 Å². The normalized spacial score (nSPS) is 18.5. The molecule has 5 rings (SSSR count). The molecule has 1 aromatic carbocycles. The second kappa shape index (κ2) is 8.39. The zero-order valence-corrected chi connectivity index (χ0v) is 17.3. The summed E-state index contributed by atoms with van der Waals surface area (Å²) in [5.41, 5.74) is 4.25. The SMILES string of the molecule is O=C(N[C@H]1CC[C@H](O)CC1)c1ccc(-c2cc(-c3cc4c(=O)[nH]cnc4[nH]3)ccn2)cc1. The first-order chi connectivity index (χ1) is 15.6. The van der Waals surface area contributed by atoms with Gasteiger partial charge >= 0.3 is 0 Å². The standard InChI is InChI=1S/C24H23N5O3/c30-18-7-5-17(6-8-18)28-23(31)15-3-1-14(2-4-15)20-11-16(9-10-25-20)21-12-19-22(29-21)26-13-27-24(19)32/h1-4,9-13,17-18,30H,5-8H2,(H,28,31)(H2,26,27,29,32)/t17-,18-. The van der Waals surface area contributed by atoms with Crippen LogP contribution in [0.5, 0.6) is 0 Å². The Kier molecular flexibility index (Phi) is 5.28. The molecule has 1 aliphatic carbocycles. The summed E-state index contributed by atoms with van der Waals surface area (Å²) in [6, 6.07) is 13.0. The zero-order valence-electron chi connectivity index (χ0n) is 17.3. The maximum atomic E-state index is 12.6. The number of benzene rings is 1. The number of carbonyl (C=O) groups is 1. The molecular weight excluding hydrogens is 406 g/mol. The summed E-state index contributed by atoms with van der Waals surface area (Å²) in [4.78, 5) is 38.9. The molecule has 8 heteroatoms. The van der Waals surface area contributed by atoms with Gasteiger partial charge in [-0.3, -0.25) is 14.6 Å². The number of fused-ring (bicyclic) bond motifs is 1. The highest BCUT2D eigenvalue weighted by molar-refractivity contribution is 5.95. The summed E-state index contributed by atoms with van der Waals surface area (Å²) in [5.74, 6) is -0.101. The third kappa shape index (κ3) is 4.04. The first-order valence-corrected chi connectivity index (χ1v) is 10.7. The molecule has 1 aliphatic rings. The minimum absolute atomic E-state index is 0.101. The molecule has 32 heavy (non-hydrogen) atoms. The van der Waals surface area contributed by atoms with E-state index in [-0.39, 0.29) is 23.6 Å². The lowest BCUT2D eigenvalue weighted by Gasteiger charge is -2.26. The van der Waals surface area contributed by atoms with Crippen molar-refractivity contribution in [3.05, 3.63) is 70.9 Å². The van der Waals surface area contributed by atoms with Crippen LogP contribution in [0.4, 0.5) is 0 Å². The van der Waals surface area contributed by atoms with E-state index in [1.54, 1.807) is 24.4 Å². The van der Waals surface area contributed by atoms with Gasteiger partial charge < -0.3 is 20.4 Å². The van der Waals surface area contributed by atoms with E-state index in [2.05, 4.69) is 25.3 Å². The second-order valence-electron chi connectivity index (χ2n) is 8.16. The summed E-state index contributed by atoms with van der Waals surface area (Å²) < 4.78 is 0. The molecule has 0 atom stereocenters. The van der Waals surface area contributed by atoms with Crippen molar-refractivity contribution < 1.29 is 9.90 Å². The molecule has 0 radical (unpaired) electrons. The van der Waals surface area contributed by atoms with Gasteiger partial charge in [-0.25, -0.2) is 4.98 Å². The van der Waals surface area contributed by atoms with Crippen LogP contribution >= 0.6 is 0 Å². The Hall–Kier alpha value is -3.78. The average Bonchev–Trinajstić information content (AvgIpc) is 3.27. The smallest absolute Gasteiger partial charge is 0.260 e. The lowest BCUT2D eigenvalue weighted by molar-refractivity contribution is 0.0867. The fraction of sp³-hybridized carbons (Fsp3) is 0.250. The van der Waals surface area contributed by atoms with Crippen molar-refractivity contribution in [3.8, 4) is 22.5 Å². The highest BCUT2D eigenvalue weighted by atomic mass is 16.3. The minimum Gasteiger partial charge on any atom is -0.393 e. The predicted octanol–water partition coefficient (Wildman–Crippen LogP) is 3.01. The Labute approximate surface area is 183 Å². The van der Waals surface area contributed by atoms with Crippen molar-refractivity contribution in [1.82, 2.24) is 25.3 Å². The summed E-state index contributed by atoms with van der Waals surface area (Å²) in [6.45, 7) is 0. The molecular formula is C24H23N5O3. The molecule has 0 aliphatic heterocycles. The van der Waals surface area contributed by atoms with Crippen LogP contribution in [-0.2, 0) is 0 Å². The Morgan fingerprint density at radius 3 is 2.53 bits per heavy atom. The van der Waals surface area contributed by atoms with Gasteiger partial charge in [0.2, 0.25) is 0 Å². The number of hydrogen-bond acceptors (Lipinski definition) is 5. The first kappa shape index (κ1) is 20.1. The van der Waals surface area contributed by atoms with Crippen LogP contribution in [-0.4, -0.2) is 43.1 Å². The summed E-state index contributed by atoms with van der Waals surface area (Å²) >= 11 is 0. The van der Waals surface area contributed by atoms with Gasteiger partial charge in [0.1, 0.15) is 5.65 Å². The molecule has 3 heterocycles. The summed E-state index contributed by atoms with van der Waals surface area (Å²) in [5, 5.41) is 13.2. The van der Waals surface area contributed by atoms with E-state index in [1.807, 2.05) is 24.3 Å². The number of carbonyl (C=O) groups excluding carboxylic acids is 1. The number of nitrogens with zero attached hydrogens (tertiary/aromatic N) is 2. The maximum Gasteiger partial charge on any atom is 0.260 e. The van der Waals surface area contributed by atoms with Gasteiger partial charge in [-0.1, -0.05) is 12.1 Å². The van der Waals surface area contributed by atoms with Crippen LogP contribution in [0.3, 0.4) is 0 Å². The molecule has 0 spiro atoms. The van der Waals surface area contributed by atoms with Gasteiger partial charge in [0.05, 0.1) is 23.5 Å². The maximum absolute atomic E-state index is 12.6. The topological polar surface area (TPSA) is 124 Å². The first-order valence-electron chi connectivity index (χ1n) is 10.7. The fourth-order valence-electron chi connectivity index (χ4n) is 4.14. The van der Waals surface area contributed by atoms with Gasteiger partial charge in [0, 0.05) is 34.6 Å². The number of pyridine rings is 1. The quantitative estimate of drug-likeness (QED) is 0.397. The number of amides is 1. The van der Waals surface area contributed by atoms with E-state index >= 15 is 0 Å². The summed E-state index contributed by atoms with van der Waals surface area (Å²) in [6.07, 6.45) is 5.91. The van der Waals surface area contributed by atoms with Gasteiger partial charge in [-0.15, -0.1) is 0 Å². The molecule has 4 N–H and O–H groups in total. The van der Waals surface area contributed by atoms with Crippen molar-refractivity contribution in [1.29, 1.82) is 0 Å². The number of aromatic amines is 2. The van der Waals surface area contributed by atoms with Gasteiger partial charge in [0.25, 0.3) is 11.5 Å².